The first-order chi connectivity index (χ1) is 16.2. The van der Waals surface area contributed by atoms with Gasteiger partial charge in [0.1, 0.15) is 5.82 Å². The third-order valence-electron chi connectivity index (χ3n) is 5.86. The van der Waals surface area contributed by atoms with Crippen molar-refractivity contribution in [3.05, 3.63) is 77.7 Å². The van der Waals surface area contributed by atoms with Crippen LogP contribution in [0.5, 0.6) is 0 Å². The van der Waals surface area contributed by atoms with Crippen molar-refractivity contribution in [2.24, 2.45) is 4.99 Å². The number of guanidine groups is 1. The fraction of sp³-hybridized carbons (Fsp3) is 0.400. The molecule has 8 nitrogen and oxygen atoms in total. The summed E-state index contributed by atoms with van der Waals surface area (Å²) in [5, 5.41) is 11.2. The molecule has 1 fully saturated rings. The largest absolute Gasteiger partial charge is 0.357 e. The van der Waals surface area contributed by atoms with Crippen LogP contribution in [0, 0.1) is 0 Å². The van der Waals surface area contributed by atoms with Gasteiger partial charge in [0.2, 0.25) is 0 Å². The molecule has 2 aromatic heterocycles. The quantitative estimate of drug-likeness (QED) is 0.409. The number of aliphatic imine (C=N–C) groups is 1. The predicted octanol–water partition coefficient (Wildman–Crippen LogP) is 2.33. The summed E-state index contributed by atoms with van der Waals surface area (Å²) in [6.07, 6.45) is 5.69. The third-order valence-corrected chi connectivity index (χ3v) is 5.86. The molecule has 0 bridgehead atoms. The van der Waals surface area contributed by atoms with Crippen LogP contribution in [0.1, 0.15) is 23.6 Å². The van der Waals surface area contributed by atoms with E-state index in [9.17, 15) is 0 Å². The topological polar surface area (TPSA) is 73.6 Å². The standard InChI is InChI=1S/C25H34N8/c1-3-26-25(29-19-22-7-4-5-8-23(22)20-33-12-6-10-30-33)28-18-21-9-11-27-24(17-21)32-15-13-31(2)14-16-32/h4-12,17H,3,13-16,18-20H2,1-2H3,(H2,26,28,29). The fourth-order valence-electron chi connectivity index (χ4n) is 3.91. The van der Waals surface area contributed by atoms with Crippen LogP contribution in [0.4, 0.5) is 5.82 Å². The second-order valence-electron chi connectivity index (χ2n) is 8.33. The maximum atomic E-state index is 4.82. The molecule has 1 aliphatic rings. The molecule has 1 saturated heterocycles. The molecule has 0 aliphatic carbocycles. The number of pyridine rings is 1. The van der Waals surface area contributed by atoms with Crippen molar-refractivity contribution in [1.82, 2.24) is 30.3 Å². The Morgan fingerprint density at radius 2 is 1.82 bits per heavy atom. The molecular formula is C25H34N8. The first-order valence-corrected chi connectivity index (χ1v) is 11.7. The summed E-state index contributed by atoms with van der Waals surface area (Å²) in [6, 6.07) is 14.6. The minimum atomic E-state index is 0.605. The van der Waals surface area contributed by atoms with Gasteiger partial charge in [-0.25, -0.2) is 9.98 Å². The van der Waals surface area contributed by atoms with E-state index >= 15 is 0 Å². The van der Waals surface area contributed by atoms with E-state index in [1.807, 2.05) is 35.4 Å². The second-order valence-corrected chi connectivity index (χ2v) is 8.33. The zero-order valence-electron chi connectivity index (χ0n) is 19.6. The number of aromatic nitrogens is 3. The van der Waals surface area contributed by atoms with Gasteiger partial charge in [0, 0.05) is 57.9 Å². The monoisotopic (exact) mass is 446 g/mol. The molecule has 4 rings (SSSR count). The third kappa shape index (κ3) is 6.55. The molecule has 0 amide bonds. The van der Waals surface area contributed by atoms with Gasteiger partial charge >= 0.3 is 0 Å². The summed E-state index contributed by atoms with van der Waals surface area (Å²) in [5.74, 6) is 1.85. The van der Waals surface area contributed by atoms with Crippen LogP contribution in [0.15, 0.2) is 66.0 Å². The number of likely N-dealkylation sites (N-methyl/N-ethyl adjacent to an activating group) is 1. The lowest BCUT2D eigenvalue weighted by atomic mass is 10.1. The molecule has 0 atom stereocenters. The molecule has 174 valence electrons. The number of benzene rings is 1. The smallest absolute Gasteiger partial charge is 0.191 e. The summed E-state index contributed by atoms with van der Waals surface area (Å²) < 4.78 is 1.94. The lowest BCUT2D eigenvalue weighted by molar-refractivity contribution is 0.312. The molecule has 0 unspecified atom stereocenters. The number of piperazine rings is 1. The number of hydrogen-bond donors (Lipinski definition) is 2. The maximum Gasteiger partial charge on any atom is 0.191 e. The van der Waals surface area contributed by atoms with E-state index in [-0.39, 0.29) is 0 Å². The number of rotatable bonds is 8. The van der Waals surface area contributed by atoms with Gasteiger partial charge in [-0.15, -0.1) is 0 Å². The van der Waals surface area contributed by atoms with Gasteiger partial charge in [0.15, 0.2) is 5.96 Å². The SMILES string of the molecule is CCNC(=NCc1ccnc(N2CCN(C)CC2)c1)NCc1ccccc1Cn1cccn1. The van der Waals surface area contributed by atoms with Crippen LogP contribution in [0.2, 0.25) is 0 Å². The highest BCUT2D eigenvalue weighted by Gasteiger charge is 2.15. The summed E-state index contributed by atoms with van der Waals surface area (Å²) in [4.78, 5) is 14.1. The molecule has 1 aromatic carbocycles. The molecule has 3 heterocycles. The summed E-state index contributed by atoms with van der Waals surface area (Å²) >= 11 is 0. The van der Waals surface area contributed by atoms with Crippen LogP contribution < -0.4 is 15.5 Å². The number of nitrogens with zero attached hydrogens (tertiary/aromatic N) is 6. The summed E-state index contributed by atoms with van der Waals surface area (Å²) in [6.45, 7) is 9.12. The Labute approximate surface area is 196 Å². The average molecular weight is 447 g/mol. The summed E-state index contributed by atoms with van der Waals surface area (Å²) in [7, 11) is 2.17. The Morgan fingerprint density at radius 1 is 1.00 bits per heavy atom. The Morgan fingerprint density at radius 3 is 2.58 bits per heavy atom. The molecular weight excluding hydrogens is 412 g/mol. The Balaban J connectivity index is 1.39. The highest BCUT2D eigenvalue weighted by molar-refractivity contribution is 5.79. The van der Waals surface area contributed by atoms with Crippen LogP contribution in [-0.2, 0) is 19.6 Å². The highest BCUT2D eigenvalue weighted by Crippen LogP contribution is 2.15. The molecule has 1 aliphatic heterocycles. The van der Waals surface area contributed by atoms with Crippen molar-refractivity contribution in [3.8, 4) is 0 Å². The summed E-state index contributed by atoms with van der Waals surface area (Å²) in [5.41, 5.74) is 3.64. The van der Waals surface area contributed by atoms with E-state index in [2.05, 4.69) is 74.8 Å². The molecule has 3 aromatic rings. The number of hydrogen-bond acceptors (Lipinski definition) is 5. The Kier molecular flexibility index (Phi) is 7.92. The van der Waals surface area contributed by atoms with Gasteiger partial charge in [-0.05, 0) is 48.9 Å². The van der Waals surface area contributed by atoms with E-state index in [1.54, 1.807) is 0 Å². The van der Waals surface area contributed by atoms with Crippen LogP contribution >= 0.6 is 0 Å². The highest BCUT2D eigenvalue weighted by atomic mass is 15.3. The number of nitrogens with one attached hydrogen (secondary N) is 2. The first-order valence-electron chi connectivity index (χ1n) is 11.7. The normalized spacial score (nSPS) is 15.0. The first kappa shape index (κ1) is 22.8. The van der Waals surface area contributed by atoms with Crippen molar-refractivity contribution in [1.29, 1.82) is 0 Å². The molecule has 33 heavy (non-hydrogen) atoms. The van der Waals surface area contributed by atoms with Crippen molar-refractivity contribution in [2.45, 2.75) is 26.6 Å². The molecule has 0 spiro atoms. The van der Waals surface area contributed by atoms with E-state index in [0.29, 0.717) is 13.1 Å². The van der Waals surface area contributed by atoms with E-state index in [4.69, 9.17) is 4.99 Å². The van der Waals surface area contributed by atoms with Gasteiger partial charge in [-0.2, -0.15) is 5.10 Å². The van der Waals surface area contributed by atoms with Crippen molar-refractivity contribution < 1.29 is 0 Å². The average Bonchev–Trinajstić information content (AvgIpc) is 3.35. The predicted molar refractivity (Wildman–Crippen MR) is 133 cm³/mol. The van der Waals surface area contributed by atoms with Gasteiger partial charge in [0.05, 0.1) is 13.1 Å². The zero-order chi connectivity index (χ0) is 22.9. The van der Waals surface area contributed by atoms with Crippen molar-refractivity contribution >= 4 is 11.8 Å². The maximum absolute atomic E-state index is 4.82. The van der Waals surface area contributed by atoms with Gasteiger partial charge in [-0.1, -0.05) is 24.3 Å². The molecule has 2 N–H and O–H groups in total. The minimum Gasteiger partial charge on any atom is -0.357 e. The van der Waals surface area contributed by atoms with Crippen molar-refractivity contribution in [3.63, 3.8) is 0 Å². The minimum absolute atomic E-state index is 0.605. The number of anilines is 1. The van der Waals surface area contributed by atoms with Gasteiger partial charge in [-0.3, -0.25) is 4.68 Å². The lowest BCUT2D eigenvalue weighted by Crippen LogP contribution is -2.44. The van der Waals surface area contributed by atoms with Gasteiger partial charge < -0.3 is 20.4 Å². The van der Waals surface area contributed by atoms with Crippen LogP contribution in [0.25, 0.3) is 0 Å². The van der Waals surface area contributed by atoms with Crippen LogP contribution in [-0.4, -0.2) is 65.4 Å². The second kappa shape index (κ2) is 11.5. The Bertz CT molecular complexity index is 1020. The van der Waals surface area contributed by atoms with E-state index in [0.717, 1.165) is 56.6 Å². The van der Waals surface area contributed by atoms with E-state index < -0.39 is 0 Å². The van der Waals surface area contributed by atoms with Gasteiger partial charge in [0.25, 0.3) is 0 Å². The molecule has 0 saturated carbocycles. The molecule has 0 radical (unpaired) electrons. The molecule has 8 heteroatoms. The van der Waals surface area contributed by atoms with Crippen LogP contribution in [0.3, 0.4) is 0 Å². The van der Waals surface area contributed by atoms with Crippen molar-refractivity contribution in [2.75, 3.05) is 44.7 Å². The Hall–Kier alpha value is -3.39. The van der Waals surface area contributed by atoms with E-state index in [1.165, 1.54) is 11.1 Å². The lowest BCUT2D eigenvalue weighted by Gasteiger charge is -2.33. The zero-order valence-corrected chi connectivity index (χ0v) is 19.6. The fourth-order valence-corrected chi connectivity index (χ4v) is 3.91.